The van der Waals surface area contributed by atoms with Crippen LogP contribution in [0.1, 0.15) is 18.5 Å². The minimum atomic E-state index is -0.331. The van der Waals surface area contributed by atoms with Gasteiger partial charge in [0.15, 0.2) is 0 Å². The largest absolute Gasteiger partial charge is 0.469 e. The quantitative estimate of drug-likeness (QED) is 0.759. The fraction of sp³-hybridized carbons (Fsp3) is 0.231. The van der Waals surface area contributed by atoms with E-state index in [9.17, 15) is 4.79 Å². The zero-order chi connectivity index (χ0) is 12.3. The second kappa shape index (κ2) is 4.82. The molecule has 1 heterocycles. The van der Waals surface area contributed by atoms with Crippen molar-refractivity contribution in [1.82, 2.24) is 9.78 Å². The van der Waals surface area contributed by atoms with Gasteiger partial charge in [0.2, 0.25) is 0 Å². The molecule has 0 N–H and O–H groups in total. The number of aromatic nitrogens is 2. The first-order valence-electron chi connectivity index (χ1n) is 5.41. The van der Waals surface area contributed by atoms with Gasteiger partial charge in [-0.15, -0.1) is 0 Å². The highest BCUT2D eigenvalue weighted by molar-refractivity contribution is 5.77. The van der Waals surface area contributed by atoms with Gasteiger partial charge in [-0.2, -0.15) is 5.10 Å². The van der Waals surface area contributed by atoms with Gasteiger partial charge in [0.1, 0.15) is 0 Å². The van der Waals surface area contributed by atoms with E-state index >= 15 is 0 Å². The third-order valence-corrected chi connectivity index (χ3v) is 2.67. The van der Waals surface area contributed by atoms with Crippen LogP contribution in [0, 0.1) is 0 Å². The number of rotatable bonds is 3. The van der Waals surface area contributed by atoms with Crippen molar-refractivity contribution in [1.29, 1.82) is 0 Å². The van der Waals surface area contributed by atoms with Gasteiger partial charge in [-0.1, -0.05) is 18.2 Å². The number of benzene rings is 1. The standard InChI is InChI=1S/C13H14N2O2/c1-10(13(16)17-2)12-8-9-14-15(12)11-6-4-3-5-7-11/h3-10H,1-2H3. The molecule has 0 amide bonds. The highest BCUT2D eigenvalue weighted by Gasteiger charge is 2.20. The number of methoxy groups -OCH3 is 1. The summed E-state index contributed by atoms with van der Waals surface area (Å²) in [5.41, 5.74) is 1.76. The van der Waals surface area contributed by atoms with Gasteiger partial charge in [0.25, 0.3) is 0 Å². The highest BCUT2D eigenvalue weighted by atomic mass is 16.5. The summed E-state index contributed by atoms with van der Waals surface area (Å²) in [6, 6.07) is 11.5. The fourth-order valence-electron chi connectivity index (χ4n) is 1.72. The van der Waals surface area contributed by atoms with Crippen LogP contribution in [-0.4, -0.2) is 22.9 Å². The number of esters is 1. The second-order valence-electron chi connectivity index (χ2n) is 3.75. The molecule has 0 fully saturated rings. The first-order chi connectivity index (χ1) is 8.24. The van der Waals surface area contributed by atoms with Crippen molar-refractivity contribution in [2.24, 2.45) is 0 Å². The lowest BCUT2D eigenvalue weighted by atomic mass is 10.1. The number of hydrogen-bond acceptors (Lipinski definition) is 3. The minimum absolute atomic E-state index is 0.261. The van der Waals surface area contributed by atoms with Crippen LogP contribution in [0.4, 0.5) is 0 Å². The SMILES string of the molecule is COC(=O)C(C)c1ccnn1-c1ccccc1. The summed E-state index contributed by atoms with van der Waals surface area (Å²) < 4.78 is 6.50. The fourth-order valence-corrected chi connectivity index (χ4v) is 1.72. The summed E-state index contributed by atoms with van der Waals surface area (Å²) >= 11 is 0. The smallest absolute Gasteiger partial charge is 0.314 e. The molecule has 0 bridgehead atoms. The zero-order valence-electron chi connectivity index (χ0n) is 9.83. The average Bonchev–Trinajstić information content (AvgIpc) is 2.87. The van der Waals surface area contributed by atoms with Crippen LogP contribution in [0.3, 0.4) is 0 Å². The molecule has 88 valence electrons. The maximum atomic E-state index is 11.5. The Labute approximate surface area is 99.8 Å². The Balaban J connectivity index is 2.39. The third-order valence-electron chi connectivity index (χ3n) is 2.67. The molecule has 2 aromatic rings. The van der Waals surface area contributed by atoms with Gasteiger partial charge in [-0.25, -0.2) is 4.68 Å². The van der Waals surface area contributed by atoms with Gasteiger partial charge in [0, 0.05) is 6.20 Å². The topological polar surface area (TPSA) is 44.1 Å². The number of carbonyl (C=O) groups excluding carboxylic acids is 1. The summed E-state index contributed by atoms with van der Waals surface area (Å²) in [5, 5.41) is 4.23. The van der Waals surface area contributed by atoms with E-state index in [2.05, 4.69) is 5.10 Å². The molecular weight excluding hydrogens is 216 g/mol. The molecule has 1 unspecified atom stereocenters. The second-order valence-corrected chi connectivity index (χ2v) is 3.75. The number of ether oxygens (including phenoxy) is 1. The number of hydrogen-bond donors (Lipinski definition) is 0. The molecule has 4 nitrogen and oxygen atoms in total. The van der Waals surface area contributed by atoms with Crippen LogP contribution < -0.4 is 0 Å². The Morgan fingerprint density at radius 1 is 1.29 bits per heavy atom. The molecule has 1 atom stereocenters. The summed E-state index contributed by atoms with van der Waals surface area (Å²) in [6.45, 7) is 1.81. The summed E-state index contributed by atoms with van der Waals surface area (Å²) in [6.07, 6.45) is 1.68. The Morgan fingerprint density at radius 3 is 2.65 bits per heavy atom. The zero-order valence-corrected chi connectivity index (χ0v) is 9.83. The molecule has 0 aliphatic carbocycles. The van der Waals surface area contributed by atoms with Crippen molar-refractivity contribution in [2.45, 2.75) is 12.8 Å². The van der Waals surface area contributed by atoms with Crippen molar-refractivity contribution < 1.29 is 9.53 Å². The van der Waals surface area contributed by atoms with Crippen molar-refractivity contribution in [2.75, 3.05) is 7.11 Å². The average molecular weight is 230 g/mol. The molecule has 0 saturated heterocycles. The number of nitrogens with zero attached hydrogens (tertiary/aromatic N) is 2. The van der Waals surface area contributed by atoms with E-state index in [0.29, 0.717) is 0 Å². The van der Waals surface area contributed by atoms with Gasteiger partial charge < -0.3 is 4.74 Å². The first kappa shape index (κ1) is 11.4. The molecule has 4 heteroatoms. The summed E-state index contributed by atoms with van der Waals surface area (Å²) in [7, 11) is 1.39. The van der Waals surface area contributed by atoms with E-state index in [-0.39, 0.29) is 11.9 Å². The number of para-hydroxylation sites is 1. The maximum absolute atomic E-state index is 11.5. The van der Waals surface area contributed by atoms with Crippen LogP contribution in [-0.2, 0) is 9.53 Å². The van der Waals surface area contributed by atoms with Crippen molar-refractivity contribution in [3.63, 3.8) is 0 Å². The predicted octanol–water partition coefficient (Wildman–Crippen LogP) is 2.15. The first-order valence-corrected chi connectivity index (χ1v) is 5.41. The molecule has 0 aliphatic rings. The monoisotopic (exact) mass is 230 g/mol. The predicted molar refractivity (Wildman–Crippen MR) is 64.0 cm³/mol. The molecular formula is C13H14N2O2. The normalized spacial score (nSPS) is 12.1. The van der Waals surface area contributed by atoms with E-state index in [1.54, 1.807) is 10.9 Å². The van der Waals surface area contributed by atoms with E-state index in [1.165, 1.54) is 7.11 Å². The molecule has 1 aromatic carbocycles. The van der Waals surface area contributed by atoms with E-state index in [1.807, 2.05) is 43.3 Å². The van der Waals surface area contributed by atoms with Crippen LogP contribution in [0.5, 0.6) is 0 Å². The minimum Gasteiger partial charge on any atom is -0.469 e. The maximum Gasteiger partial charge on any atom is 0.314 e. The Morgan fingerprint density at radius 2 is 2.00 bits per heavy atom. The molecule has 17 heavy (non-hydrogen) atoms. The van der Waals surface area contributed by atoms with Gasteiger partial charge >= 0.3 is 5.97 Å². The Kier molecular flexibility index (Phi) is 3.23. The molecule has 0 radical (unpaired) electrons. The summed E-state index contributed by atoms with van der Waals surface area (Å²) in [4.78, 5) is 11.5. The van der Waals surface area contributed by atoms with Crippen LogP contribution in [0.15, 0.2) is 42.6 Å². The van der Waals surface area contributed by atoms with E-state index < -0.39 is 0 Å². The molecule has 2 rings (SSSR count). The highest BCUT2D eigenvalue weighted by Crippen LogP contribution is 2.19. The van der Waals surface area contributed by atoms with Crippen molar-refractivity contribution in [3.8, 4) is 5.69 Å². The lowest BCUT2D eigenvalue weighted by molar-refractivity contribution is -0.142. The Bertz CT molecular complexity index is 505. The third kappa shape index (κ3) is 2.20. The van der Waals surface area contributed by atoms with Crippen LogP contribution in [0.25, 0.3) is 5.69 Å². The molecule has 0 aliphatic heterocycles. The number of carbonyl (C=O) groups is 1. The summed E-state index contributed by atoms with van der Waals surface area (Å²) in [5.74, 6) is -0.592. The van der Waals surface area contributed by atoms with Crippen molar-refractivity contribution in [3.05, 3.63) is 48.3 Å². The van der Waals surface area contributed by atoms with Crippen molar-refractivity contribution >= 4 is 5.97 Å². The Hall–Kier alpha value is -2.10. The molecule has 0 spiro atoms. The van der Waals surface area contributed by atoms with Gasteiger partial charge in [0.05, 0.1) is 24.4 Å². The lowest BCUT2D eigenvalue weighted by Gasteiger charge is -2.12. The lowest BCUT2D eigenvalue weighted by Crippen LogP contribution is -2.15. The van der Waals surface area contributed by atoms with E-state index in [0.717, 1.165) is 11.4 Å². The molecule has 1 aromatic heterocycles. The van der Waals surface area contributed by atoms with Crippen LogP contribution >= 0.6 is 0 Å². The van der Waals surface area contributed by atoms with E-state index in [4.69, 9.17) is 4.74 Å². The van der Waals surface area contributed by atoms with Gasteiger partial charge in [-0.05, 0) is 25.1 Å². The van der Waals surface area contributed by atoms with Crippen LogP contribution in [0.2, 0.25) is 0 Å². The van der Waals surface area contributed by atoms with Gasteiger partial charge in [-0.3, -0.25) is 4.79 Å². The molecule has 0 saturated carbocycles.